The Morgan fingerprint density at radius 3 is 1.85 bits per heavy atom. The van der Waals surface area contributed by atoms with Gasteiger partial charge in [-0.15, -0.1) is 22.7 Å². The third-order valence-corrected chi connectivity index (χ3v) is 11.2. The van der Waals surface area contributed by atoms with E-state index < -0.39 is 0 Å². The average molecular weight is 768 g/mol. The highest BCUT2D eigenvalue weighted by Crippen LogP contribution is 2.40. The molecular formula is C30H25Cl3N6O4S4. The molecule has 244 valence electrons. The van der Waals surface area contributed by atoms with Crippen molar-refractivity contribution in [2.24, 2.45) is 0 Å². The number of benzene rings is 2. The van der Waals surface area contributed by atoms with Gasteiger partial charge in [0.15, 0.2) is 8.68 Å². The second-order valence-corrected chi connectivity index (χ2v) is 14.1. The molecule has 0 bridgehead atoms. The summed E-state index contributed by atoms with van der Waals surface area (Å²) < 4.78 is 9.46. The van der Waals surface area contributed by atoms with Crippen LogP contribution in [0.2, 0.25) is 15.1 Å². The first-order chi connectivity index (χ1) is 22.6. The van der Waals surface area contributed by atoms with Crippen LogP contribution in [-0.2, 0) is 0 Å². The Labute approximate surface area is 301 Å². The molecule has 4 heterocycles. The zero-order chi connectivity index (χ0) is 34.1. The van der Waals surface area contributed by atoms with Crippen molar-refractivity contribution in [1.29, 1.82) is 0 Å². The van der Waals surface area contributed by atoms with E-state index in [1.165, 1.54) is 41.1 Å². The summed E-state index contributed by atoms with van der Waals surface area (Å²) in [5.41, 5.74) is 2.30. The van der Waals surface area contributed by atoms with Gasteiger partial charge in [-0.1, -0.05) is 58.3 Å². The van der Waals surface area contributed by atoms with Crippen molar-refractivity contribution < 1.29 is 19.4 Å². The number of ether oxygens (including phenoxy) is 1. The Morgan fingerprint density at radius 2 is 1.30 bits per heavy atom. The minimum Gasteiger partial charge on any atom is -0.506 e. The van der Waals surface area contributed by atoms with E-state index in [1.54, 1.807) is 74.0 Å². The average Bonchev–Trinajstić information content (AvgIpc) is 3.73. The van der Waals surface area contributed by atoms with Gasteiger partial charge < -0.3 is 20.5 Å². The van der Waals surface area contributed by atoms with Crippen LogP contribution < -0.4 is 15.4 Å². The molecule has 0 saturated carbocycles. The Morgan fingerprint density at radius 1 is 0.766 bits per heavy atom. The zero-order valence-electron chi connectivity index (χ0n) is 25.0. The first-order valence-corrected chi connectivity index (χ1v) is 18.4. The van der Waals surface area contributed by atoms with E-state index in [-0.39, 0.29) is 23.3 Å². The largest absolute Gasteiger partial charge is 0.506 e. The molecule has 0 saturated heterocycles. The van der Waals surface area contributed by atoms with Gasteiger partial charge in [-0.3, -0.25) is 19.6 Å². The van der Waals surface area contributed by atoms with Crippen LogP contribution in [0.5, 0.6) is 17.2 Å². The third kappa shape index (κ3) is 9.38. The normalized spacial score (nSPS) is 10.4. The molecule has 0 aliphatic carbocycles. The number of fused-ring (bicyclic) bond motifs is 2. The summed E-state index contributed by atoms with van der Waals surface area (Å²) in [6, 6.07) is 13.4. The topological polar surface area (TPSA) is 139 Å². The maximum absolute atomic E-state index is 11.6. The number of aromatic nitrogens is 4. The summed E-state index contributed by atoms with van der Waals surface area (Å²) >= 11 is 24.1. The van der Waals surface area contributed by atoms with E-state index in [0.717, 1.165) is 29.1 Å². The van der Waals surface area contributed by atoms with E-state index in [1.807, 2.05) is 18.6 Å². The zero-order valence-corrected chi connectivity index (χ0v) is 30.5. The second kappa shape index (κ2) is 17.2. The molecule has 0 fully saturated rings. The molecule has 2 amide bonds. The van der Waals surface area contributed by atoms with Crippen LogP contribution in [-0.4, -0.2) is 63.5 Å². The van der Waals surface area contributed by atoms with Crippen LogP contribution in [0.25, 0.3) is 20.4 Å². The Kier molecular flexibility index (Phi) is 13.3. The predicted octanol–water partition coefficient (Wildman–Crippen LogP) is 8.69. The van der Waals surface area contributed by atoms with E-state index in [4.69, 9.17) is 39.5 Å². The highest BCUT2D eigenvalue weighted by atomic mass is 35.5. The van der Waals surface area contributed by atoms with E-state index in [0.29, 0.717) is 32.3 Å². The van der Waals surface area contributed by atoms with Gasteiger partial charge in [0.05, 0.1) is 20.4 Å². The summed E-state index contributed by atoms with van der Waals surface area (Å²) in [4.78, 5) is 39.2. The van der Waals surface area contributed by atoms with Gasteiger partial charge in [0.25, 0.3) is 11.8 Å². The molecule has 3 N–H and O–H groups in total. The number of pyridine rings is 2. The van der Waals surface area contributed by atoms with E-state index in [2.05, 4.69) is 30.6 Å². The predicted molar refractivity (Wildman–Crippen MR) is 195 cm³/mol. The van der Waals surface area contributed by atoms with Gasteiger partial charge in [-0.25, -0.2) is 9.97 Å². The van der Waals surface area contributed by atoms with E-state index >= 15 is 0 Å². The number of phenolic OH excluding ortho intramolecular Hbond substituents is 1. The van der Waals surface area contributed by atoms with Gasteiger partial charge in [-0.2, -0.15) is 0 Å². The molecule has 4 aromatic heterocycles. The standard InChI is InChI=1S/C15H12ClN3O2S2.C8H6ClNOS2.C7H7ClN2O/c1-17-14(20)10-7-8(5-6-18-10)21-11-4-3-9-13(12(11)16)23-15(19-9)22-2;1-12-8-10-4-2-3-5(11)6(9)7(4)13-8;1-9-7(11)6-4-5(8)2-3-10-6/h3-7H,1-2H3,(H,17,20);2-3,11H,1H3;2-4H,1H3,(H,9,11). The van der Waals surface area contributed by atoms with Crippen LogP contribution in [0.4, 0.5) is 0 Å². The molecular weight excluding hydrogens is 743 g/mol. The highest BCUT2D eigenvalue weighted by Gasteiger charge is 2.14. The fourth-order valence-corrected chi connectivity index (χ4v) is 7.37. The molecule has 6 aromatic rings. The first-order valence-electron chi connectivity index (χ1n) is 13.2. The lowest BCUT2D eigenvalue weighted by Crippen LogP contribution is -2.18. The molecule has 0 unspecified atom stereocenters. The minimum atomic E-state index is -0.274. The number of nitrogens with one attached hydrogen (secondary N) is 2. The molecule has 6 rings (SSSR count). The number of thioether (sulfide) groups is 2. The van der Waals surface area contributed by atoms with Crippen LogP contribution in [0.3, 0.4) is 0 Å². The number of hydrogen-bond acceptors (Lipinski definition) is 12. The van der Waals surface area contributed by atoms with Crippen molar-refractivity contribution in [3.8, 4) is 17.2 Å². The van der Waals surface area contributed by atoms with Gasteiger partial charge in [0.2, 0.25) is 0 Å². The molecule has 47 heavy (non-hydrogen) atoms. The number of carbonyl (C=O) groups excluding carboxylic acids is 2. The molecule has 10 nitrogen and oxygen atoms in total. The quantitative estimate of drug-likeness (QED) is 0.141. The monoisotopic (exact) mass is 766 g/mol. The van der Waals surface area contributed by atoms with Gasteiger partial charge in [0.1, 0.15) is 38.7 Å². The number of rotatable bonds is 6. The van der Waals surface area contributed by atoms with Gasteiger partial charge in [-0.05, 0) is 55.0 Å². The molecule has 0 radical (unpaired) electrons. The summed E-state index contributed by atoms with van der Waals surface area (Å²) in [5.74, 6) is 0.626. The van der Waals surface area contributed by atoms with Crippen LogP contribution in [0.15, 0.2) is 69.6 Å². The third-order valence-electron chi connectivity index (χ3n) is 5.85. The van der Waals surface area contributed by atoms with Crippen molar-refractivity contribution >= 4 is 113 Å². The first kappa shape index (κ1) is 36.5. The van der Waals surface area contributed by atoms with Crippen molar-refractivity contribution in [3.63, 3.8) is 0 Å². The number of amides is 2. The van der Waals surface area contributed by atoms with Crippen molar-refractivity contribution in [2.75, 3.05) is 26.6 Å². The Balaban J connectivity index is 0.000000176. The number of phenols is 1. The highest BCUT2D eigenvalue weighted by molar-refractivity contribution is 8.00. The Hall–Kier alpha value is -3.37. The summed E-state index contributed by atoms with van der Waals surface area (Å²) in [6.07, 6.45) is 6.95. The number of carbonyl (C=O) groups is 2. The fraction of sp³-hybridized carbons (Fsp3) is 0.133. The summed E-state index contributed by atoms with van der Waals surface area (Å²) in [7, 11) is 3.10. The maximum atomic E-state index is 11.6. The minimum absolute atomic E-state index is 0.116. The number of hydrogen-bond donors (Lipinski definition) is 3. The second-order valence-electron chi connectivity index (χ2n) is 8.84. The lowest BCUT2D eigenvalue weighted by Gasteiger charge is -2.08. The van der Waals surface area contributed by atoms with Crippen LogP contribution in [0, 0.1) is 0 Å². The lowest BCUT2D eigenvalue weighted by molar-refractivity contribution is 0.0950. The SMILES string of the molecule is CNC(=O)c1cc(Cl)ccn1.CNC(=O)c1cc(Oc2ccc3nc(SC)sc3c2Cl)ccn1.CSc1nc2ccc(O)c(Cl)c2s1. The van der Waals surface area contributed by atoms with Crippen LogP contribution in [0.1, 0.15) is 21.0 Å². The number of aromatic hydroxyl groups is 1. The number of nitrogens with zero attached hydrogens (tertiary/aromatic N) is 4. The van der Waals surface area contributed by atoms with Crippen molar-refractivity contribution in [1.82, 2.24) is 30.6 Å². The molecule has 0 aliphatic rings. The molecule has 0 spiro atoms. The summed E-state index contributed by atoms with van der Waals surface area (Å²) in [5, 5.41) is 15.7. The van der Waals surface area contributed by atoms with E-state index in [9.17, 15) is 14.7 Å². The molecule has 2 aromatic carbocycles. The van der Waals surface area contributed by atoms with Crippen molar-refractivity contribution in [2.45, 2.75) is 8.68 Å². The van der Waals surface area contributed by atoms with Crippen LogP contribution >= 0.6 is 81.0 Å². The summed E-state index contributed by atoms with van der Waals surface area (Å²) in [6.45, 7) is 0. The number of halogens is 3. The molecule has 0 atom stereocenters. The molecule has 17 heteroatoms. The maximum Gasteiger partial charge on any atom is 0.269 e. The van der Waals surface area contributed by atoms with Gasteiger partial charge >= 0.3 is 0 Å². The molecule has 0 aliphatic heterocycles. The van der Waals surface area contributed by atoms with Gasteiger partial charge in [0, 0.05) is 37.6 Å². The lowest BCUT2D eigenvalue weighted by atomic mass is 10.3. The number of thiazole rings is 2. The van der Waals surface area contributed by atoms with Crippen molar-refractivity contribution in [3.05, 3.63) is 87.4 Å². The Bertz CT molecular complexity index is 2040. The smallest absolute Gasteiger partial charge is 0.269 e. The fourth-order valence-electron chi connectivity index (χ4n) is 3.61.